The van der Waals surface area contributed by atoms with E-state index in [0.29, 0.717) is 40.1 Å². The van der Waals surface area contributed by atoms with Crippen LogP contribution in [-0.2, 0) is 19.6 Å². The molecule has 3 heterocycles. The van der Waals surface area contributed by atoms with E-state index in [2.05, 4.69) is 10.3 Å². The van der Waals surface area contributed by atoms with Gasteiger partial charge in [-0.15, -0.1) is 0 Å². The first kappa shape index (κ1) is 22.8. The number of nitrogens with one attached hydrogen (secondary N) is 2. The molecule has 3 aliphatic rings. The minimum atomic E-state index is -0.443. The van der Waals surface area contributed by atoms with Gasteiger partial charge >= 0.3 is 0 Å². The molecule has 1 amide bonds. The van der Waals surface area contributed by atoms with Crippen LogP contribution in [0.2, 0.25) is 5.02 Å². The molecule has 0 unspecified atom stereocenters. The predicted octanol–water partition coefficient (Wildman–Crippen LogP) is 4.08. The molecule has 3 saturated carbocycles. The first-order valence-corrected chi connectivity index (χ1v) is 12.2. The maximum atomic E-state index is 14.4. The summed E-state index contributed by atoms with van der Waals surface area (Å²) in [5.41, 5.74) is 1.25. The van der Waals surface area contributed by atoms with E-state index in [0.717, 1.165) is 19.3 Å². The third kappa shape index (κ3) is 3.86. The van der Waals surface area contributed by atoms with E-state index in [9.17, 15) is 18.8 Å². The number of carbonyl (C=O) groups is 1. The van der Waals surface area contributed by atoms with Crippen molar-refractivity contribution in [2.24, 2.45) is 10.8 Å². The standard InChI is InChI=1S/C27H24ClFN4O3/c28-20-10-30-22-8-21(29)18(7-19(20)22)9-31-25(36)17-4-5-24(35)33(11-17)16-27-12-26(13-27,14-27)15-32-6-2-1-3-23(32)34/h1-8,10-11,30H,9,12-16H2,(H,31,36). The molecule has 0 spiro atoms. The van der Waals surface area contributed by atoms with Crippen LogP contribution in [0.3, 0.4) is 0 Å². The van der Waals surface area contributed by atoms with Crippen LogP contribution < -0.4 is 16.4 Å². The second-order valence-electron chi connectivity index (χ2n) is 10.4. The van der Waals surface area contributed by atoms with Gasteiger partial charge < -0.3 is 19.4 Å². The minimum Gasteiger partial charge on any atom is -0.360 e. The lowest BCUT2D eigenvalue weighted by Crippen LogP contribution is -2.65. The molecule has 1 aromatic carbocycles. The summed E-state index contributed by atoms with van der Waals surface area (Å²) in [6.45, 7) is 1.23. The lowest BCUT2D eigenvalue weighted by molar-refractivity contribution is -0.220. The highest BCUT2D eigenvalue weighted by atomic mass is 35.5. The Hall–Kier alpha value is -3.65. The maximum Gasteiger partial charge on any atom is 0.253 e. The molecule has 7 nitrogen and oxygen atoms in total. The molecule has 36 heavy (non-hydrogen) atoms. The number of amides is 1. The molecule has 2 bridgehead atoms. The number of fused-ring (bicyclic) bond motifs is 1. The smallest absolute Gasteiger partial charge is 0.253 e. The number of hydrogen-bond acceptors (Lipinski definition) is 3. The highest BCUT2D eigenvalue weighted by molar-refractivity contribution is 6.35. The summed E-state index contributed by atoms with van der Waals surface area (Å²) < 4.78 is 17.8. The number of aromatic nitrogens is 3. The number of hydrogen-bond donors (Lipinski definition) is 2. The van der Waals surface area contributed by atoms with E-state index in [1.165, 1.54) is 18.2 Å². The number of carbonyl (C=O) groups excluding carboxylic acids is 1. The first-order chi connectivity index (χ1) is 17.2. The van der Waals surface area contributed by atoms with Crippen LogP contribution in [0.1, 0.15) is 35.2 Å². The fourth-order valence-electron chi connectivity index (χ4n) is 6.24. The highest BCUT2D eigenvalue weighted by Crippen LogP contribution is 2.74. The van der Waals surface area contributed by atoms with E-state index in [-0.39, 0.29) is 34.4 Å². The lowest BCUT2D eigenvalue weighted by Gasteiger charge is -2.71. The van der Waals surface area contributed by atoms with Crippen LogP contribution in [0.4, 0.5) is 4.39 Å². The first-order valence-electron chi connectivity index (χ1n) is 11.8. The molecule has 3 aliphatic carbocycles. The van der Waals surface area contributed by atoms with Gasteiger partial charge in [-0.05, 0) is 54.4 Å². The maximum absolute atomic E-state index is 14.4. The van der Waals surface area contributed by atoms with Gasteiger partial charge in [-0.25, -0.2) is 4.39 Å². The molecular weight excluding hydrogens is 483 g/mol. The van der Waals surface area contributed by atoms with Crippen molar-refractivity contribution < 1.29 is 9.18 Å². The zero-order chi connectivity index (χ0) is 25.1. The Morgan fingerprint density at radius 3 is 2.50 bits per heavy atom. The third-order valence-corrected chi connectivity index (χ3v) is 7.96. The van der Waals surface area contributed by atoms with Gasteiger partial charge in [0.2, 0.25) is 0 Å². The number of benzene rings is 1. The zero-order valence-electron chi connectivity index (χ0n) is 19.4. The fraction of sp³-hybridized carbons (Fsp3) is 0.296. The lowest BCUT2D eigenvalue weighted by atomic mass is 9.35. The molecule has 0 radical (unpaired) electrons. The summed E-state index contributed by atoms with van der Waals surface area (Å²) in [4.78, 5) is 40.3. The number of halogens is 2. The topological polar surface area (TPSA) is 88.9 Å². The van der Waals surface area contributed by atoms with Crippen LogP contribution in [0.5, 0.6) is 0 Å². The number of pyridine rings is 2. The Kier molecular flexibility index (Phi) is 5.19. The van der Waals surface area contributed by atoms with Gasteiger partial charge in [-0.3, -0.25) is 14.4 Å². The normalized spacial score (nSPS) is 22.2. The minimum absolute atomic E-state index is 0.00204. The largest absolute Gasteiger partial charge is 0.360 e. The summed E-state index contributed by atoms with van der Waals surface area (Å²) >= 11 is 6.13. The van der Waals surface area contributed by atoms with E-state index in [4.69, 9.17) is 11.6 Å². The second kappa shape index (κ2) is 8.20. The highest BCUT2D eigenvalue weighted by Gasteiger charge is 2.67. The van der Waals surface area contributed by atoms with Gasteiger partial charge in [-0.1, -0.05) is 17.7 Å². The van der Waals surface area contributed by atoms with Crippen LogP contribution in [0.25, 0.3) is 10.9 Å². The fourth-order valence-corrected chi connectivity index (χ4v) is 6.45. The van der Waals surface area contributed by atoms with Gasteiger partial charge in [0.15, 0.2) is 0 Å². The van der Waals surface area contributed by atoms with Gasteiger partial charge in [0.25, 0.3) is 17.0 Å². The molecule has 3 fully saturated rings. The Morgan fingerprint density at radius 2 is 1.75 bits per heavy atom. The molecule has 0 aliphatic heterocycles. The van der Waals surface area contributed by atoms with Crippen LogP contribution >= 0.6 is 11.6 Å². The SMILES string of the molecule is O=C(NCc1cc2c(Cl)c[nH]c2cc1F)c1ccc(=O)n(CC23CC(Cn4ccccc4=O)(C2)C3)c1. The van der Waals surface area contributed by atoms with Crippen LogP contribution in [0.15, 0.2) is 70.6 Å². The molecule has 3 aromatic heterocycles. The Bertz CT molecular complexity index is 1620. The second-order valence-corrected chi connectivity index (χ2v) is 10.8. The van der Waals surface area contributed by atoms with Crippen molar-refractivity contribution >= 4 is 28.4 Å². The van der Waals surface area contributed by atoms with E-state index in [1.807, 2.05) is 12.3 Å². The molecule has 0 saturated heterocycles. The quantitative estimate of drug-likeness (QED) is 0.396. The average Bonchev–Trinajstić information content (AvgIpc) is 3.16. The van der Waals surface area contributed by atoms with Gasteiger partial charge in [-0.2, -0.15) is 0 Å². The average molecular weight is 507 g/mol. The van der Waals surface area contributed by atoms with E-state index in [1.54, 1.807) is 39.7 Å². The van der Waals surface area contributed by atoms with Crippen molar-refractivity contribution in [3.63, 3.8) is 0 Å². The van der Waals surface area contributed by atoms with Crippen molar-refractivity contribution in [1.29, 1.82) is 0 Å². The van der Waals surface area contributed by atoms with E-state index >= 15 is 0 Å². The molecular formula is C27H24ClFN4O3. The van der Waals surface area contributed by atoms with Crippen molar-refractivity contribution in [2.45, 2.75) is 38.9 Å². The molecule has 9 heteroatoms. The molecule has 184 valence electrons. The van der Waals surface area contributed by atoms with Crippen LogP contribution in [0, 0.1) is 16.6 Å². The monoisotopic (exact) mass is 506 g/mol. The number of rotatable bonds is 7. The van der Waals surface area contributed by atoms with Gasteiger partial charge in [0.05, 0.1) is 10.6 Å². The van der Waals surface area contributed by atoms with Crippen molar-refractivity contribution in [3.05, 3.63) is 104 Å². The predicted molar refractivity (Wildman–Crippen MR) is 135 cm³/mol. The summed E-state index contributed by atoms with van der Waals surface area (Å²) in [6, 6.07) is 11.0. The summed E-state index contributed by atoms with van der Waals surface area (Å²) in [6.07, 6.45) is 7.84. The summed E-state index contributed by atoms with van der Waals surface area (Å²) in [5, 5.41) is 3.91. The van der Waals surface area contributed by atoms with Crippen molar-refractivity contribution in [2.75, 3.05) is 0 Å². The molecule has 0 atom stereocenters. The number of nitrogens with zero attached hydrogens (tertiary/aromatic N) is 2. The zero-order valence-corrected chi connectivity index (χ0v) is 20.1. The number of aromatic amines is 1. The summed E-state index contributed by atoms with van der Waals surface area (Å²) in [5.74, 6) is -0.831. The van der Waals surface area contributed by atoms with Crippen LogP contribution in [-0.4, -0.2) is 20.0 Å². The Labute approximate surface area is 210 Å². The molecule has 2 N–H and O–H groups in total. The van der Waals surface area contributed by atoms with E-state index < -0.39 is 5.82 Å². The number of H-pyrrole nitrogens is 1. The van der Waals surface area contributed by atoms with Gasteiger partial charge in [0.1, 0.15) is 5.82 Å². The van der Waals surface area contributed by atoms with Crippen molar-refractivity contribution in [3.8, 4) is 0 Å². The third-order valence-electron chi connectivity index (χ3n) is 7.64. The summed E-state index contributed by atoms with van der Waals surface area (Å²) in [7, 11) is 0. The Balaban J connectivity index is 1.11. The van der Waals surface area contributed by atoms with Crippen molar-refractivity contribution in [1.82, 2.24) is 19.4 Å². The molecule has 7 rings (SSSR count). The Morgan fingerprint density at radius 1 is 1.03 bits per heavy atom. The molecule has 4 aromatic rings. The van der Waals surface area contributed by atoms with Gasteiger partial charge in [0, 0.05) is 66.8 Å².